The van der Waals surface area contributed by atoms with E-state index in [4.69, 9.17) is 18.0 Å². The third kappa shape index (κ3) is 6.27. The number of unbranched alkanes of at least 4 members (excludes halogenated alkanes) is 1. The van der Waals surface area contributed by atoms with Crippen LogP contribution in [0.3, 0.4) is 0 Å². The molecule has 0 heterocycles. The molecule has 0 radical (unpaired) electrons. The Bertz CT molecular complexity index is 139. The Kier molecular flexibility index (Phi) is 9.33. The maximum Gasteiger partial charge on any atom is 0.502 e. The second kappa shape index (κ2) is 9.29. The second-order valence-corrected chi connectivity index (χ2v) is 6.34. The van der Waals surface area contributed by atoms with Gasteiger partial charge in [0.2, 0.25) is 0 Å². The molecule has 0 aliphatic heterocycles. The van der Waals surface area contributed by atoms with E-state index in [0.29, 0.717) is 0 Å². The molecule has 0 aliphatic carbocycles. The average molecular weight is 236 g/mol. The highest BCUT2D eigenvalue weighted by molar-refractivity contribution is 6.60. The highest BCUT2D eigenvalue weighted by atomic mass is 28.4. The number of rotatable bonds is 10. The predicted molar refractivity (Wildman–Crippen MR) is 61.7 cm³/mol. The van der Waals surface area contributed by atoms with E-state index in [1.807, 2.05) is 0 Å². The van der Waals surface area contributed by atoms with Gasteiger partial charge in [-0.1, -0.05) is 26.7 Å². The first-order valence-corrected chi connectivity index (χ1v) is 7.49. The Hall–Kier alpha value is 0.0569. The van der Waals surface area contributed by atoms with Gasteiger partial charge in [0.1, 0.15) is 6.79 Å². The van der Waals surface area contributed by atoms with Crippen molar-refractivity contribution in [3.63, 3.8) is 0 Å². The van der Waals surface area contributed by atoms with Crippen molar-refractivity contribution in [2.24, 2.45) is 0 Å². The van der Waals surface area contributed by atoms with Crippen LogP contribution in [0, 0.1) is 0 Å². The smallest absolute Gasteiger partial charge is 0.377 e. The van der Waals surface area contributed by atoms with Crippen LogP contribution >= 0.6 is 0 Å². The maximum absolute atomic E-state index is 5.59. The SMILES string of the molecule is CCCCOCO[Si](CCC)(OC)OC. The molecule has 0 aliphatic rings. The van der Waals surface area contributed by atoms with Crippen LogP contribution in [0.25, 0.3) is 0 Å². The number of hydrogen-bond donors (Lipinski definition) is 0. The Morgan fingerprint density at radius 3 is 2.13 bits per heavy atom. The highest BCUT2D eigenvalue weighted by Gasteiger charge is 2.37. The summed E-state index contributed by atoms with van der Waals surface area (Å²) < 4.78 is 21.6. The van der Waals surface area contributed by atoms with Crippen LogP contribution in [-0.4, -0.2) is 36.4 Å². The Morgan fingerprint density at radius 2 is 1.67 bits per heavy atom. The topological polar surface area (TPSA) is 36.9 Å². The largest absolute Gasteiger partial charge is 0.502 e. The first-order valence-electron chi connectivity index (χ1n) is 5.56. The van der Waals surface area contributed by atoms with Crippen molar-refractivity contribution in [3.05, 3.63) is 0 Å². The average Bonchev–Trinajstić information content (AvgIpc) is 2.27. The molecular formula is C10H24O4Si. The van der Waals surface area contributed by atoms with E-state index in [2.05, 4.69) is 13.8 Å². The fourth-order valence-electron chi connectivity index (χ4n) is 1.22. The highest BCUT2D eigenvalue weighted by Crippen LogP contribution is 2.15. The lowest BCUT2D eigenvalue weighted by Gasteiger charge is -2.25. The summed E-state index contributed by atoms with van der Waals surface area (Å²) in [4.78, 5) is 0. The monoisotopic (exact) mass is 236 g/mol. The molecule has 0 aromatic heterocycles. The summed E-state index contributed by atoms with van der Waals surface area (Å²) in [6, 6.07) is 0.830. The van der Waals surface area contributed by atoms with Crippen molar-refractivity contribution >= 4 is 8.80 Å². The second-order valence-electron chi connectivity index (χ2n) is 3.37. The van der Waals surface area contributed by atoms with E-state index in [0.717, 1.165) is 31.9 Å². The molecule has 5 heteroatoms. The lowest BCUT2D eigenvalue weighted by Crippen LogP contribution is -2.44. The van der Waals surface area contributed by atoms with Crippen molar-refractivity contribution < 1.29 is 18.0 Å². The van der Waals surface area contributed by atoms with Crippen molar-refractivity contribution in [3.8, 4) is 0 Å². The first-order chi connectivity index (χ1) is 7.24. The van der Waals surface area contributed by atoms with E-state index in [1.165, 1.54) is 0 Å². The molecule has 0 bridgehead atoms. The quantitative estimate of drug-likeness (QED) is 0.332. The minimum Gasteiger partial charge on any atom is -0.377 e. The summed E-state index contributed by atoms with van der Waals surface area (Å²) >= 11 is 0. The zero-order valence-corrected chi connectivity index (χ0v) is 11.4. The van der Waals surface area contributed by atoms with E-state index in [9.17, 15) is 0 Å². The molecule has 15 heavy (non-hydrogen) atoms. The first kappa shape index (κ1) is 15.1. The van der Waals surface area contributed by atoms with Crippen molar-refractivity contribution in [1.82, 2.24) is 0 Å². The fraction of sp³-hybridized carbons (Fsp3) is 1.00. The van der Waals surface area contributed by atoms with Gasteiger partial charge in [0, 0.05) is 26.9 Å². The van der Waals surface area contributed by atoms with Gasteiger partial charge in [-0.2, -0.15) is 0 Å². The van der Waals surface area contributed by atoms with E-state index >= 15 is 0 Å². The van der Waals surface area contributed by atoms with Gasteiger partial charge in [0.15, 0.2) is 0 Å². The van der Waals surface area contributed by atoms with Crippen LogP contribution < -0.4 is 0 Å². The van der Waals surface area contributed by atoms with Gasteiger partial charge in [-0.25, -0.2) is 0 Å². The van der Waals surface area contributed by atoms with E-state index in [1.54, 1.807) is 14.2 Å². The Labute approximate surface area is 94.2 Å². The van der Waals surface area contributed by atoms with Gasteiger partial charge in [0.25, 0.3) is 0 Å². The molecule has 0 aromatic carbocycles. The molecule has 0 spiro atoms. The standard InChI is InChI=1S/C10H24O4Si/c1-5-7-8-13-10-14-15(11-3,12-4)9-6-2/h5-10H2,1-4H3. The van der Waals surface area contributed by atoms with Crippen LogP contribution in [0.1, 0.15) is 33.1 Å². The molecule has 0 N–H and O–H groups in total. The molecule has 0 unspecified atom stereocenters. The van der Waals surface area contributed by atoms with Crippen molar-refractivity contribution in [2.45, 2.75) is 39.2 Å². The van der Waals surface area contributed by atoms with Crippen molar-refractivity contribution in [2.75, 3.05) is 27.6 Å². The molecule has 92 valence electrons. The normalized spacial score (nSPS) is 12.0. The Morgan fingerprint density at radius 1 is 1.00 bits per heavy atom. The van der Waals surface area contributed by atoms with Gasteiger partial charge >= 0.3 is 8.80 Å². The predicted octanol–water partition coefficient (Wildman–Crippen LogP) is 2.42. The van der Waals surface area contributed by atoms with Crippen molar-refractivity contribution in [1.29, 1.82) is 0 Å². The van der Waals surface area contributed by atoms with Gasteiger partial charge in [-0.15, -0.1) is 0 Å². The van der Waals surface area contributed by atoms with Gasteiger partial charge in [0.05, 0.1) is 0 Å². The zero-order valence-electron chi connectivity index (χ0n) is 10.4. The van der Waals surface area contributed by atoms with Gasteiger partial charge in [-0.05, 0) is 6.42 Å². The zero-order chi connectivity index (χ0) is 11.6. The molecule has 0 saturated carbocycles. The van der Waals surface area contributed by atoms with Gasteiger partial charge < -0.3 is 18.0 Å². The summed E-state index contributed by atoms with van der Waals surface area (Å²) in [5, 5.41) is 0. The molecule has 4 nitrogen and oxygen atoms in total. The fourth-order valence-corrected chi connectivity index (χ4v) is 3.05. The van der Waals surface area contributed by atoms with Crippen LogP contribution in [0.5, 0.6) is 0 Å². The Balaban J connectivity index is 3.74. The minimum atomic E-state index is -2.43. The van der Waals surface area contributed by atoms with Crippen LogP contribution in [-0.2, 0) is 18.0 Å². The van der Waals surface area contributed by atoms with E-state index < -0.39 is 8.80 Å². The summed E-state index contributed by atoms with van der Waals surface area (Å²) in [5.74, 6) is 0. The molecule has 0 saturated heterocycles. The molecule has 0 rings (SSSR count). The third-order valence-corrected chi connectivity index (χ3v) is 5.10. The summed E-state index contributed by atoms with van der Waals surface area (Å²) in [7, 11) is 0.844. The molecular weight excluding hydrogens is 212 g/mol. The molecule has 0 amide bonds. The minimum absolute atomic E-state index is 0.272. The van der Waals surface area contributed by atoms with Crippen LogP contribution in [0.15, 0.2) is 0 Å². The lowest BCUT2D eigenvalue weighted by atomic mass is 10.4. The van der Waals surface area contributed by atoms with Crippen LogP contribution in [0.2, 0.25) is 6.04 Å². The summed E-state index contributed by atoms with van der Waals surface area (Å²) in [6.07, 6.45) is 3.18. The van der Waals surface area contributed by atoms with Crippen LogP contribution in [0.4, 0.5) is 0 Å². The summed E-state index contributed by atoms with van der Waals surface area (Å²) in [6.45, 7) is 5.22. The summed E-state index contributed by atoms with van der Waals surface area (Å²) in [5.41, 5.74) is 0. The third-order valence-electron chi connectivity index (χ3n) is 2.18. The van der Waals surface area contributed by atoms with E-state index in [-0.39, 0.29) is 6.79 Å². The van der Waals surface area contributed by atoms with Gasteiger partial charge in [-0.3, -0.25) is 0 Å². The molecule has 0 fully saturated rings. The maximum atomic E-state index is 5.59. The lowest BCUT2D eigenvalue weighted by molar-refractivity contribution is -0.0335. The molecule has 0 aromatic rings. The number of hydrogen-bond acceptors (Lipinski definition) is 4. The molecule has 0 atom stereocenters. The number of ether oxygens (including phenoxy) is 1.